The number of unbranched alkanes of at least 4 members (excludes halogenated alkanes) is 15. The first-order chi connectivity index (χ1) is 36.0. The number of hydrogen-bond acceptors (Lipinski definition) is 5. The van der Waals surface area contributed by atoms with E-state index in [2.05, 4.69) is 173 Å². The first-order valence-electron chi connectivity index (χ1n) is 29.6. The van der Waals surface area contributed by atoms with Crippen molar-refractivity contribution >= 4 is 14.8 Å². The van der Waals surface area contributed by atoms with Crippen molar-refractivity contribution in [1.29, 1.82) is 0 Å². The zero-order valence-corrected chi connectivity index (χ0v) is 48.6. The number of carbonyl (C=O) groups is 1. The number of esters is 1. The average Bonchev–Trinajstić information content (AvgIpc) is 3.39. The van der Waals surface area contributed by atoms with Crippen LogP contribution in [0, 0.1) is 0 Å². The molecule has 412 valence electrons. The second-order valence-corrected chi connectivity index (χ2v) is 21.7. The molecule has 0 spiro atoms. The van der Waals surface area contributed by atoms with E-state index in [1.165, 1.54) is 57.8 Å². The van der Waals surface area contributed by atoms with E-state index in [-0.39, 0.29) is 5.97 Å². The SMILES string of the molecule is C=C(C)C(=O)OCCC[Si](OCCCCCCC/C=C\C/C=C\C/C=C\C/C=C\CC)(OCCCCCCC/C=C\C/C=C\C/C=C\C/C=C\CC)OCCCCCCC/C=C\C/C=C\C/C=C\C/C=C\CC. The summed E-state index contributed by atoms with van der Waals surface area (Å²) in [6.07, 6.45) is 88.1. The van der Waals surface area contributed by atoms with E-state index in [1.54, 1.807) is 6.92 Å². The third kappa shape index (κ3) is 54.3. The Morgan fingerprint density at radius 1 is 0.329 bits per heavy atom. The Hall–Kier alpha value is -3.81. The van der Waals surface area contributed by atoms with E-state index in [1.807, 2.05) is 0 Å². The average molecular weight is 1020 g/mol. The highest BCUT2D eigenvalue weighted by atomic mass is 28.4. The fraction of sp³-hybridized carbons (Fsp3) is 0.597. The van der Waals surface area contributed by atoms with Crippen molar-refractivity contribution in [3.8, 4) is 0 Å². The van der Waals surface area contributed by atoms with Crippen LogP contribution in [-0.4, -0.2) is 41.2 Å². The van der Waals surface area contributed by atoms with Gasteiger partial charge >= 0.3 is 14.8 Å². The summed E-state index contributed by atoms with van der Waals surface area (Å²) in [5.74, 6) is -0.346. The van der Waals surface area contributed by atoms with Gasteiger partial charge < -0.3 is 18.0 Å². The molecule has 0 N–H and O–H groups in total. The first-order valence-corrected chi connectivity index (χ1v) is 31.5. The van der Waals surface area contributed by atoms with E-state index in [0.717, 1.165) is 135 Å². The smallest absolute Gasteiger partial charge is 0.462 e. The van der Waals surface area contributed by atoms with Crippen LogP contribution in [0.3, 0.4) is 0 Å². The summed E-state index contributed by atoms with van der Waals surface area (Å²) >= 11 is 0. The first kappa shape index (κ1) is 69.2. The molecule has 0 aromatic carbocycles. The minimum atomic E-state index is -3.01. The van der Waals surface area contributed by atoms with Crippen LogP contribution in [0.15, 0.2) is 158 Å². The predicted molar refractivity (Wildman–Crippen MR) is 324 cm³/mol. The molecule has 0 radical (unpaired) electrons. The van der Waals surface area contributed by atoms with Gasteiger partial charge in [-0.2, -0.15) is 0 Å². The van der Waals surface area contributed by atoms with Gasteiger partial charge in [0.1, 0.15) is 0 Å². The minimum Gasteiger partial charge on any atom is -0.462 e. The monoisotopic (exact) mass is 1020 g/mol. The Morgan fingerprint density at radius 3 is 0.849 bits per heavy atom. The lowest BCUT2D eigenvalue weighted by Gasteiger charge is -2.30. The molecule has 0 unspecified atom stereocenters. The van der Waals surface area contributed by atoms with Gasteiger partial charge in [0.2, 0.25) is 0 Å². The van der Waals surface area contributed by atoms with Gasteiger partial charge in [0.05, 0.1) is 6.61 Å². The van der Waals surface area contributed by atoms with Crippen LogP contribution in [0.25, 0.3) is 0 Å². The third-order valence-electron chi connectivity index (χ3n) is 11.9. The normalized spacial score (nSPS) is 13.2. The van der Waals surface area contributed by atoms with Crippen LogP contribution < -0.4 is 0 Å². The molecule has 0 saturated carbocycles. The molecule has 0 atom stereocenters. The lowest BCUT2D eigenvalue weighted by molar-refractivity contribution is -0.139. The fourth-order valence-corrected chi connectivity index (χ4v) is 10.2. The molecule has 0 amide bonds. The van der Waals surface area contributed by atoms with E-state index in [0.29, 0.717) is 44.5 Å². The van der Waals surface area contributed by atoms with Crippen LogP contribution in [0.4, 0.5) is 0 Å². The molecule has 0 rings (SSSR count). The Bertz CT molecular complexity index is 1440. The van der Waals surface area contributed by atoms with Crippen molar-refractivity contribution in [2.24, 2.45) is 0 Å². The van der Waals surface area contributed by atoms with Crippen molar-refractivity contribution < 1.29 is 22.8 Å². The Morgan fingerprint density at radius 2 is 0.575 bits per heavy atom. The van der Waals surface area contributed by atoms with Crippen molar-refractivity contribution in [2.75, 3.05) is 26.4 Å². The van der Waals surface area contributed by atoms with Gasteiger partial charge in [0.15, 0.2) is 0 Å². The summed E-state index contributed by atoms with van der Waals surface area (Å²) < 4.78 is 25.8. The summed E-state index contributed by atoms with van der Waals surface area (Å²) in [6.45, 7) is 14.2. The summed E-state index contributed by atoms with van der Waals surface area (Å²) in [7, 11) is -3.01. The standard InChI is InChI=1S/C67H110O5Si/c1-6-9-12-15-18-21-24-27-30-33-36-39-42-45-48-51-54-57-62-70-73(65-60-61-69-67(68)66(4)5,71-63-58-55-52-49-46-43-40-37-34-31-28-25-22-19-16-13-10-7-2)72-64-59-56-53-50-47-44-41-38-35-32-29-26-23-20-17-14-11-8-3/h9-14,18-23,27-32,36-41H,4,6-8,15-17,24-26,33-35,42-65H2,1-3,5H3/b12-9-,13-10-,14-11-,21-18-,22-19-,23-20-,30-27-,31-28-,32-29-,39-36-,40-37-,41-38-. The molecular formula is C67H110O5Si. The molecule has 6 heteroatoms. The van der Waals surface area contributed by atoms with Crippen molar-refractivity contribution in [3.63, 3.8) is 0 Å². The second kappa shape index (κ2) is 59.1. The highest BCUT2D eigenvalue weighted by molar-refractivity contribution is 6.60. The second-order valence-electron chi connectivity index (χ2n) is 18.9. The molecule has 0 heterocycles. The van der Waals surface area contributed by atoms with E-state index < -0.39 is 8.80 Å². The van der Waals surface area contributed by atoms with Crippen LogP contribution in [0.2, 0.25) is 6.04 Å². The molecule has 0 bridgehead atoms. The van der Waals surface area contributed by atoms with Gasteiger partial charge in [0, 0.05) is 31.4 Å². The largest absolute Gasteiger partial charge is 0.501 e. The van der Waals surface area contributed by atoms with Crippen molar-refractivity contribution in [1.82, 2.24) is 0 Å². The molecule has 0 aromatic heterocycles. The van der Waals surface area contributed by atoms with Crippen LogP contribution in [-0.2, 0) is 22.8 Å². The summed E-state index contributed by atoms with van der Waals surface area (Å²) in [4.78, 5) is 12.2. The summed E-state index contributed by atoms with van der Waals surface area (Å²) in [5, 5.41) is 0. The quantitative estimate of drug-likeness (QED) is 0.0200. The van der Waals surface area contributed by atoms with Gasteiger partial charge in [-0.15, -0.1) is 0 Å². The number of hydrogen-bond donors (Lipinski definition) is 0. The Labute approximate surface area is 452 Å². The summed E-state index contributed by atoms with van der Waals surface area (Å²) in [5.41, 5.74) is 0.419. The molecule has 0 aliphatic heterocycles. The molecule has 0 aromatic rings. The van der Waals surface area contributed by atoms with Crippen LogP contribution in [0.5, 0.6) is 0 Å². The molecule has 0 aliphatic carbocycles. The number of ether oxygens (including phenoxy) is 1. The molecule has 0 fully saturated rings. The number of allylic oxidation sites excluding steroid dienone is 24. The maximum absolute atomic E-state index is 12.2. The van der Waals surface area contributed by atoms with Gasteiger partial charge in [-0.3, -0.25) is 0 Å². The van der Waals surface area contributed by atoms with Gasteiger partial charge in [-0.05, 0) is 148 Å². The maximum atomic E-state index is 12.2. The highest BCUT2D eigenvalue weighted by Gasteiger charge is 2.40. The molecular weight excluding hydrogens is 913 g/mol. The molecule has 0 aliphatic rings. The lowest BCUT2D eigenvalue weighted by Crippen LogP contribution is -2.47. The van der Waals surface area contributed by atoms with Crippen LogP contribution >= 0.6 is 0 Å². The minimum absolute atomic E-state index is 0.314. The van der Waals surface area contributed by atoms with Gasteiger partial charge in [0.25, 0.3) is 0 Å². The summed E-state index contributed by atoms with van der Waals surface area (Å²) in [6, 6.07) is 0.648. The van der Waals surface area contributed by atoms with Gasteiger partial charge in [-0.1, -0.05) is 231 Å². The van der Waals surface area contributed by atoms with Crippen molar-refractivity contribution in [3.05, 3.63) is 158 Å². The molecule has 73 heavy (non-hydrogen) atoms. The fourth-order valence-electron chi connectivity index (χ4n) is 7.58. The van der Waals surface area contributed by atoms with E-state index in [4.69, 9.17) is 18.0 Å². The zero-order valence-electron chi connectivity index (χ0n) is 47.6. The van der Waals surface area contributed by atoms with Crippen LogP contribution in [0.1, 0.15) is 227 Å². The molecule has 0 saturated heterocycles. The van der Waals surface area contributed by atoms with E-state index in [9.17, 15) is 4.79 Å². The van der Waals surface area contributed by atoms with Gasteiger partial charge in [-0.25, -0.2) is 4.79 Å². The predicted octanol–water partition coefficient (Wildman–Crippen LogP) is 20.9. The Kier molecular flexibility index (Phi) is 56.0. The zero-order chi connectivity index (χ0) is 52.9. The highest BCUT2D eigenvalue weighted by Crippen LogP contribution is 2.22. The number of rotatable bonds is 53. The number of carbonyl (C=O) groups excluding carboxylic acids is 1. The maximum Gasteiger partial charge on any atom is 0.501 e. The third-order valence-corrected chi connectivity index (χ3v) is 14.8. The lowest BCUT2D eigenvalue weighted by atomic mass is 10.1. The van der Waals surface area contributed by atoms with Crippen molar-refractivity contribution in [2.45, 2.75) is 233 Å². The topological polar surface area (TPSA) is 54.0 Å². The Balaban J connectivity index is 5.05. The molecule has 5 nitrogen and oxygen atoms in total. The van der Waals surface area contributed by atoms with E-state index >= 15 is 0 Å².